The number of ether oxygens (including phenoxy) is 2. The van der Waals surface area contributed by atoms with E-state index in [0.29, 0.717) is 12.2 Å². The molecule has 0 fully saturated rings. The molecule has 38 heavy (non-hydrogen) atoms. The number of rotatable bonds is 12. The van der Waals surface area contributed by atoms with Crippen molar-refractivity contribution < 1.29 is 23.0 Å². The summed E-state index contributed by atoms with van der Waals surface area (Å²) in [4.78, 5) is 0.162. The van der Waals surface area contributed by atoms with Gasteiger partial charge in [-0.05, 0) is 75.2 Å². The number of hydrogen-bond acceptors (Lipinski definition) is 7. The highest BCUT2D eigenvalue weighted by molar-refractivity contribution is 7.92. The number of sulfonamides is 1. The van der Waals surface area contributed by atoms with E-state index in [0.717, 1.165) is 27.6 Å². The third kappa shape index (κ3) is 7.48. The number of nitriles is 1. The van der Waals surface area contributed by atoms with Gasteiger partial charge in [0.25, 0.3) is 10.0 Å². The van der Waals surface area contributed by atoms with Crippen LogP contribution in [0.4, 0.5) is 5.69 Å². The van der Waals surface area contributed by atoms with Crippen LogP contribution < -0.4 is 19.1 Å². The smallest absolute Gasteiger partial charge is 0.264 e. The first-order chi connectivity index (χ1) is 17.9. The standard InChI is InChI=1S/C29H35N3O5S/c1-21-6-13-27(14-7-21)38(34,35)32(4)24-10-15-28(23(16-24)18-30)37-20-25(33)19-31-29(2,3)17-22-8-11-26(36-5)12-9-22/h6-16,25,31,33H,17,19-20H2,1-5H3. The summed E-state index contributed by atoms with van der Waals surface area (Å²) in [6, 6.07) is 21.1. The van der Waals surface area contributed by atoms with Crippen molar-refractivity contribution in [3.8, 4) is 17.6 Å². The zero-order chi connectivity index (χ0) is 27.9. The van der Waals surface area contributed by atoms with Gasteiger partial charge in [0.1, 0.15) is 30.3 Å². The summed E-state index contributed by atoms with van der Waals surface area (Å²) in [5.74, 6) is 1.07. The summed E-state index contributed by atoms with van der Waals surface area (Å²) in [6.45, 7) is 6.25. The molecule has 0 amide bonds. The van der Waals surface area contributed by atoms with Crippen LogP contribution in [0.1, 0.15) is 30.5 Å². The molecule has 1 unspecified atom stereocenters. The van der Waals surface area contributed by atoms with Crippen molar-refractivity contribution in [2.45, 2.75) is 43.7 Å². The van der Waals surface area contributed by atoms with Gasteiger partial charge < -0.3 is 19.9 Å². The molecule has 0 radical (unpaired) electrons. The molecule has 0 aliphatic rings. The van der Waals surface area contributed by atoms with Gasteiger partial charge in [-0.3, -0.25) is 4.31 Å². The second-order valence-electron chi connectivity index (χ2n) is 9.83. The van der Waals surface area contributed by atoms with Crippen LogP contribution in [-0.2, 0) is 16.4 Å². The maximum absolute atomic E-state index is 13.0. The van der Waals surface area contributed by atoms with Crippen LogP contribution in [0.25, 0.3) is 0 Å². The number of anilines is 1. The molecule has 202 valence electrons. The van der Waals surface area contributed by atoms with Crippen molar-refractivity contribution >= 4 is 15.7 Å². The van der Waals surface area contributed by atoms with E-state index < -0.39 is 16.1 Å². The Morgan fingerprint density at radius 2 is 1.74 bits per heavy atom. The van der Waals surface area contributed by atoms with E-state index in [-0.39, 0.29) is 28.4 Å². The maximum atomic E-state index is 13.0. The number of benzene rings is 3. The maximum Gasteiger partial charge on any atom is 0.264 e. The van der Waals surface area contributed by atoms with Gasteiger partial charge in [0.15, 0.2) is 0 Å². The predicted octanol–water partition coefficient (Wildman–Crippen LogP) is 4.05. The Morgan fingerprint density at radius 3 is 2.34 bits per heavy atom. The quantitative estimate of drug-likeness (QED) is 0.358. The molecule has 3 aromatic carbocycles. The van der Waals surface area contributed by atoms with Gasteiger partial charge in [-0.25, -0.2) is 8.42 Å². The summed E-state index contributed by atoms with van der Waals surface area (Å²) in [5.41, 5.74) is 2.33. The minimum absolute atomic E-state index is 0.0306. The lowest BCUT2D eigenvalue weighted by molar-refractivity contribution is 0.0987. The first-order valence-corrected chi connectivity index (χ1v) is 13.7. The molecule has 0 bridgehead atoms. The highest BCUT2D eigenvalue weighted by atomic mass is 32.2. The summed E-state index contributed by atoms with van der Waals surface area (Å²) < 4.78 is 38.1. The molecule has 3 aromatic rings. The van der Waals surface area contributed by atoms with E-state index in [2.05, 4.69) is 25.2 Å². The van der Waals surface area contributed by atoms with Gasteiger partial charge in [0.05, 0.1) is 23.3 Å². The second-order valence-corrected chi connectivity index (χ2v) is 11.8. The van der Waals surface area contributed by atoms with Crippen LogP contribution in [0.3, 0.4) is 0 Å². The Kier molecular flexibility index (Phi) is 9.39. The molecule has 9 heteroatoms. The molecule has 0 saturated carbocycles. The fraction of sp³-hybridized carbons (Fsp3) is 0.345. The number of nitrogens with zero attached hydrogens (tertiary/aromatic N) is 2. The Bertz CT molecular complexity index is 1360. The molecule has 0 aliphatic carbocycles. The predicted molar refractivity (Wildman–Crippen MR) is 148 cm³/mol. The number of aryl methyl sites for hydroxylation is 1. The molecule has 3 rings (SSSR count). The van der Waals surface area contributed by atoms with Crippen molar-refractivity contribution in [1.82, 2.24) is 5.32 Å². The summed E-state index contributed by atoms with van der Waals surface area (Å²) in [6.07, 6.45) is -0.0650. The summed E-state index contributed by atoms with van der Waals surface area (Å²) in [5, 5.41) is 23.5. The zero-order valence-corrected chi connectivity index (χ0v) is 23.2. The largest absolute Gasteiger partial charge is 0.497 e. The van der Waals surface area contributed by atoms with Gasteiger partial charge in [-0.1, -0.05) is 29.8 Å². The van der Waals surface area contributed by atoms with E-state index in [1.807, 2.05) is 31.2 Å². The van der Waals surface area contributed by atoms with Crippen molar-refractivity contribution in [2.75, 3.05) is 31.6 Å². The van der Waals surface area contributed by atoms with Crippen molar-refractivity contribution in [3.05, 3.63) is 83.4 Å². The van der Waals surface area contributed by atoms with Gasteiger partial charge in [0.2, 0.25) is 0 Å². The van der Waals surface area contributed by atoms with Crippen molar-refractivity contribution in [1.29, 1.82) is 5.26 Å². The number of nitrogens with one attached hydrogen (secondary N) is 1. The van der Waals surface area contributed by atoms with Crippen LogP contribution >= 0.6 is 0 Å². The second kappa shape index (κ2) is 12.3. The molecular weight excluding hydrogens is 502 g/mol. The molecule has 2 N–H and O–H groups in total. The highest BCUT2D eigenvalue weighted by Gasteiger charge is 2.23. The van der Waals surface area contributed by atoms with Crippen LogP contribution in [0.15, 0.2) is 71.6 Å². The first-order valence-electron chi connectivity index (χ1n) is 12.2. The number of aliphatic hydroxyl groups is 1. The monoisotopic (exact) mass is 537 g/mol. The minimum atomic E-state index is -3.79. The van der Waals surface area contributed by atoms with Crippen LogP contribution in [0, 0.1) is 18.3 Å². The van der Waals surface area contributed by atoms with E-state index >= 15 is 0 Å². The molecule has 8 nitrogen and oxygen atoms in total. The molecule has 1 atom stereocenters. The topological polar surface area (TPSA) is 112 Å². The number of aliphatic hydroxyl groups excluding tert-OH is 1. The van der Waals surface area contributed by atoms with Gasteiger partial charge in [-0.2, -0.15) is 5.26 Å². The van der Waals surface area contributed by atoms with Gasteiger partial charge in [0, 0.05) is 19.1 Å². The number of hydrogen-bond donors (Lipinski definition) is 2. The summed E-state index contributed by atoms with van der Waals surface area (Å²) in [7, 11) is -0.719. The zero-order valence-electron chi connectivity index (χ0n) is 22.4. The first kappa shape index (κ1) is 29.0. The normalized spacial score (nSPS) is 12.4. The molecule has 0 aliphatic heterocycles. The van der Waals surface area contributed by atoms with Crippen molar-refractivity contribution in [3.63, 3.8) is 0 Å². The van der Waals surface area contributed by atoms with E-state index in [1.165, 1.54) is 13.1 Å². The van der Waals surface area contributed by atoms with E-state index in [4.69, 9.17) is 9.47 Å². The minimum Gasteiger partial charge on any atom is -0.497 e. The fourth-order valence-corrected chi connectivity index (χ4v) is 5.08. The summed E-state index contributed by atoms with van der Waals surface area (Å²) >= 11 is 0. The van der Waals surface area contributed by atoms with Crippen molar-refractivity contribution in [2.24, 2.45) is 0 Å². The van der Waals surface area contributed by atoms with Gasteiger partial charge in [-0.15, -0.1) is 0 Å². The average Bonchev–Trinajstić information content (AvgIpc) is 2.90. The van der Waals surface area contributed by atoms with Crippen LogP contribution in [0.2, 0.25) is 0 Å². The third-order valence-electron chi connectivity index (χ3n) is 6.18. The molecule has 0 aromatic heterocycles. The molecule has 0 spiro atoms. The van der Waals surface area contributed by atoms with E-state index in [9.17, 15) is 18.8 Å². The third-order valence-corrected chi connectivity index (χ3v) is 7.98. The lowest BCUT2D eigenvalue weighted by Gasteiger charge is -2.28. The Labute approximate surface area is 225 Å². The molecule has 0 heterocycles. The van der Waals surface area contributed by atoms with Crippen LogP contribution in [0.5, 0.6) is 11.5 Å². The van der Waals surface area contributed by atoms with Gasteiger partial charge >= 0.3 is 0 Å². The fourth-order valence-electron chi connectivity index (χ4n) is 3.89. The SMILES string of the molecule is COc1ccc(CC(C)(C)NCC(O)COc2ccc(N(C)S(=O)(=O)c3ccc(C)cc3)cc2C#N)cc1. The van der Waals surface area contributed by atoms with Crippen LogP contribution in [-0.4, -0.2) is 52.5 Å². The Morgan fingerprint density at radius 1 is 1.08 bits per heavy atom. The highest BCUT2D eigenvalue weighted by Crippen LogP contribution is 2.28. The molecule has 0 saturated heterocycles. The Balaban J connectivity index is 1.59. The van der Waals surface area contributed by atoms with E-state index in [1.54, 1.807) is 43.5 Å². The Hall–Kier alpha value is -3.58. The number of methoxy groups -OCH3 is 1. The number of β-amino-alcohol motifs (C(OH)–C–C–N with tert-alkyl or cyclic N) is 1. The average molecular weight is 538 g/mol. The lowest BCUT2D eigenvalue weighted by atomic mass is 9.94. The molecular formula is C29H35N3O5S. The lowest BCUT2D eigenvalue weighted by Crippen LogP contribution is -2.46.